The zero-order chi connectivity index (χ0) is 26.4. The van der Waals surface area contributed by atoms with Crippen molar-refractivity contribution in [3.63, 3.8) is 0 Å². The first kappa shape index (κ1) is 26.0. The SMILES string of the molecule is COc1cc(OCCN(C)C)cc2ncnc(Nc3ccc(CC(=O)Cn4cc(C(C)C)nn4)cc3)c12. The van der Waals surface area contributed by atoms with Crippen molar-refractivity contribution >= 4 is 28.2 Å². The molecule has 0 spiro atoms. The quantitative estimate of drug-likeness (QED) is 0.308. The maximum Gasteiger partial charge on any atom is 0.158 e. The third-order valence-electron chi connectivity index (χ3n) is 5.81. The molecular weight excluding hydrogens is 470 g/mol. The Balaban J connectivity index is 1.44. The highest BCUT2D eigenvalue weighted by Gasteiger charge is 2.14. The highest BCUT2D eigenvalue weighted by Crippen LogP contribution is 2.35. The predicted octanol–water partition coefficient (Wildman–Crippen LogP) is 3.85. The molecule has 0 atom stereocenters. The van der Waals surface area contributed by atoms with Crippen LogP contribution in [0.25, 0.3) is 10.9 Å². The second-order valence-electron chi connectivity index (χ2n) is 9.43. The van der Waals surface area contributed by atoms with E-state index in [9.17, 15) is 4.79 Å². The van der Waals surface area contributed by atoms with E-state index in [2.05, 4.69) is 30.5 Å². The van der Waals surface area contributed by atoms with Crippen molar-refractivity contribution in [2.45, 2.75) is 32.7 Å². The number of anilines is 2. The predicted molar refractivity (Wildman–Crippen MR) is 143 cm³/mol. The molecule has 0 fully saturated rings. The molecule has 10 nitrogen and oxygen atoms in total. The van der Waals surface area contributed by atoms with E-state index in [1.165, 1.54) is 6.33 Å². The minimum atomic E-state index is 0.0658. The lowest BCUT2D eigenvalue weighted by Crippen LogP contribution is -2.19. The van der Waals surface area contributed by atoms with Crippen LogP contribution in [0.1, 0.15) is 31.0 Å². The van der Waals surface area contributed by atoms with Crippen LogP contribution in [0.5, 0.6) is 11.5 Å². The van der Waals surface area contributed by atoms with Crippen LogP contribution in [0.4, 0.5) is 11.5 Å². The van der Waals surface area contributed by atoms with Crippen LogP contribution in [-0.4, -0.2) is 70.0 Å². The summed E-state index contributed by atoms with van der Waals surface area (Å²) in [5.41, 5.74) is 3.35. The van der Waals surface area contributed by atoms with Gasteiger partial charge in [-0.3, -0.25) is 4.79 Å². The zero-order valence-electron chi connectivity index (χ0n) is 21.9. The summed E-state index contributed by atoms with van der Waals surface area (Å²) in [4.78, 5) is 23.4. The number of nitrogens with zero attached hydrogens (tertiary/aromatic N) is 6. The van der Waals surface area contributed by atoms with Crippen molar-refractivity contribution in [2.24, 2.45) is 0 Å². The fourth-order valence-corrected chi connectivity index (χ4v) is 3.78. The summed E-state index contributed by atoms with van der Waals surface area (Å²) in [6, 6.07) is 11.4. The molecule has 194 valence electrons. The van der Waals surface area contributed by atoms with E-state index in [0.29, 0.717) is 35.9 Å². The van der Waals surface area contributed by atoms with Gasteiger partial charge < -0.3 is 19.7 Å². The number of Topliss-reactive ketones (excluding diaryl/α,β-unsaturated/α-hetero) is 1. The summed E-state index contributed by atoms with van der Waals surface area (Å²) in [6.45, 7) is 5.66. The molecule has 0 saturated carbocycles. The molecule has 4 rings (SSSR count). The maximum atomic E-state index is 12.5. The number of carbonyl (C=O) groups is 1. The number of ketones is 1. The topological polar surface area (TPSA) is 107 Å². The molecule has 1 N–H and O–H groups in total. The Morgan fingerprint density at radius 3 is 2.59 bits per heavy atom. The molecule has 4 aromatic rings. The summed E-state index contributed by atoms with van der Waals surface area (Å²) in [6.07, 6.45) is 3.66. The molecule has 10 heteroatoms. The van der Waals surface area contributed by atoms with E-state index < -0.39 is 0 Å². The van der Waals surface area contributed by atoms with Crippen LogP contribution in [0.15, 0.2) is 48.9 Å². The first-order valence-corrected chi connectivity index (χ1v) is 12.2. The molecule has 0 aliphatic heterocycles. The number of carbonyl (C=O) groups excluding carboxylic acids is 1. The van der Waals surface area contributed by atoms with E-state index in [-0.39, 0.29) is 18.2 Å². The Labute approximate surface area is 216 Å². The maximum absolute atomic E-state index is 12.5. The lowest BCUT2D eigenvalue weighted by atomic mass is 10.1. The van der Waals surface area contributed by atoms with Gasteiger partial charge in [0.25, 0.3) is 0 Å². The van der Waals surface area contributed by atoms with Gasteiger partial charge in [-0.25, -0.2) is 14.6 Å². The van der Waals surface area contributed by atoms with Crippen molar-refractivity contribution in [2.75, 3.05) is 39.7 Å². The standard InChI is InChI=1S/C27H33N7O3/c1-18(2)24-16-34(32-31-24)15-21(35)12-19-6-8-20(9-7-19)30-27-26-23(28-17-29-27)13-22(14-25(26)36-5)37-11-10-33(3)4/h6-9,13-14,16-18H,10-12,15H2,1-5H3,(H,28,29,30). The number of ether oxygens (including phenoxy) is 2. The Kier molecular flexibility index (Phi) is 8.29. The minimum Gasteiger partial charge on any atom is -0.496 e. The van der Waals surface area contributed by atoms with E-state index in [1.807, 2.05) is 70.5 Å². The molecule has 37 heavy (non-hydrogen) atoms. The van der Waals surface area contributed by atoms with Crippen molar-refractivity contribution < 1.29 is 14.3 Å². The van der Waals surface area contributed by atoms with Gasteiger partial charge in [-0.05, 0) is 37.7 Å². The normalized spacial score (nSPS) is 11.3. The molecule has 0 aliphatic carbocycles. The zero-order valence-corrected chi connectivity index (χ0v) is 21.9. The number of likely N-dealkylation sites (N-methyl/N-ethyl adjacent to an activating group) is 1. The average molecular weight is 504 g/mol. The number of aromatic nitrogens is 5. The van der Waals surface area contributed by atoms with Crippen molar-refractivity contribution in [3.05, 3.63) is 60.2 Å². The molecule has 2 heterocycles. The van der Waals surface area contributed by atoms with E-state index in [1.54, 1.807) is 11.8 Å². The first-order chi connectivity index (χ1) is 17.8. The van der Waals surface area contributed by atoms with Gasteiger partial charge in [-0.2, -0.15) is 0 Å². The van der Waals surface area contributed by atoms with Gasteiger partial charge in [0.2, 0.25) is 0 Å². The Hall–Kier alpha value is -4.05. The average Bonchev–Trinajstić information content (AvgIpc) is 3.33. The largest absolute Gasteiger partial charge is 0.496 e. The number of methoxy groups -OCH3 is 1. The van der Waals surface area contributed by atoms with Gasteiger partial charge in [-0.15, -0.1) is 5.10 Å². The molecule has 0 aliphatic rings. The molecule has 0 radical (unpaired) electrons. The Morgan fingerprint density at radius 1 is 1.14 bits per heavy atom. The minimum absolute atomic E-state index is 0.0658. The lowest BCUT2D eigenvalue weighted by molar-refractivity contribution is -0.119. The van der Waals surface area contributed by atoms with Gasteiger partial charge in [0.1, 0.15) is 36.8 Å². The Morgan fingerprint density at radius 2 is 1.92 bits per heavy atom. The summed E-state index contributed by atoms with van der Waals surface area (Å²) in [5.74, 6) is 2.28. The summed E-state index contributed by atoms with van der Waals surface area (Å²) in [5, 5.41) is 12.3. The van der Waals surface area contributed by atoms with Crippen LogP contribution in [0.3, 0.4) is 0 Å². The second kappa shape index (κ2) is 11.8. The fourth-order valence-electron chi connectivity index (χ4n) is 3.78. The number of rotatable bonds is 12. The van der Waals surface area contributed by atoms with Gasteiger partial charge in [0.15, 0.2) is 5.78 Å². The molecule has 0 saturated heterocycles. The lowest BCUT2D eigenvalue weighted by Gasteiger charge is -2.15. The molecule has 0 bridgehead atoms. The van der Waals surface area contributed by atoms with Crippen molar-refractivity contribution in [1.82, 2.24) is 29.9 Å². The number of fused-ring (bicyclic) bond motifs is 1. The van der Waals surface area contributed by atoms with Crippen molar-refractivity contribution in [3.8, 4) is 11.5 Å². The van der Waals surface area contributed by atoms with Gasteiger partial charge in [0, 0.05) is 37.0 Å². The number of benzene rings is 2. The van der Waals surface area contributed by atoms with Crippen LogP contribution >= 0.6 is 0 Å². The monoisotopic (exact) mass is 503 g/mol. The summed E-state index contributed by atoms with van der Waals surface area (Å²) < 4.78 is 13.1. The van der Waals surface area contributed by atoms with Gasteiger partial charge in [0.05, 0.1) is 23.7 Å². The molecular formula is C27H33N7O3. The Bertz CT molecular complexity index is 1350. The highest BCUT2D eigenvalue weighted by atomic mass is 16.5. The van der Waals surface area contributed by atoms with Crippen LogP contribution in [-0.2, 0) is 17.8 Å². The molecule has 2 aromatic carbocycles. The molecule has 2 aromatic heterocycles. The van der Waals surface area contributed by atoms with Gasteiger partial charge in [-0.1, -0.05) is 31.2 Å². The number of nitrogens with one attached hydrogen (secondary N) is 1. The van der Waals surface area contributed by atoms with E-state index >= 15 is 0 Å². The van der Waals surface area contributed by atoms with Crippen LogP contribution in [0, 0.1) is 0 Å². The van der Waals surface area contributed by atoms with Gasteiger partial charge >= 0.3 is 0 Å². The van der Waals surface area contributed by atoms with Crippen LogP contribution in [0.2, 0.25) is 0 Å². The van der Waals surface area contributed by atoms with E-state index in [0.717, 1.165) is 28.9 Å². The first-order valence-electron chi connectivity index (χ1n) is 12.2. The highest BCUT2D eigenvalue weighted by molar-refractivity contribution is 5.96. The van der Waals surface area contributed by atoms with Crippen molar-refractivity contribution in [1.29, 1.82) is 0 Å². The second-order valence-corrected chi connectivity index (χ2v) is 9.43. The smallest absolute Gasteiger partial charge is 0.158 e. The number of hydrogen-bond acceptors (Lipinski definition) is 9. The molecule has 0 unspecified atom stereocenters. The fraction of sp³-hybridized carbons (Fsp3) is 0.370. The summed E-state index contributed by atoms with van der Waals surface area (Å²) in [7, 11) is 5.62. The third kappa shape index (κ3) is 6.79. The number of hydrogen-bond donors (Lipinski definition) is 1. The van der Waals surface area contributed by atoms with Crippen LogP contribution < -0.4 is 14.8 Å². The third-order valence-corrected chi connectivity index (χ3v) is 5.81. The molecule has 0 amide bonds. The summed E-state index contributed by atoms with van der Waals surface area (Å²) >= 11 is 0. The van der Waals surface area contributed by atoms with E-state index in [4.69, 9.17) is 9.47 Å².